The first-order chi connectivity index (χ1) is 13.6. The molecule has 6 nitrogen and oxygen atoms in total. The Morgan fingerprint density at radius 2 is 2.04 bits per heavy atom. The van der Waals surface area contributed by atoms with Gasteiger partial charge in [0.05, 0.1) is 19.3 Å². The van der Waals surface area contributed by atoms with Gasteiger partial charge in [0.2, 0.25) is 0 Å². The van der Waals surface area contributed by atoms with Crippen LogP contribution in [0.5, 0.6) is 0 Å². The van der Waals surface area contributed by atoms with E-state index in [1.165, 1.54) is 12.7 Å². The Morgan fingerprint density at radius 3 is 2.68 bits per heavy atom. The third-order valence-electron chi connectivity index (χ3n) is 5.40. The lowest BCUT2D eigenvalue weighted by atomic mass is 9.85. The Balaban J connectivity index is 1.80. The Hall–Kier alpha value is -2.76. The number of methoxy groups -OCH3 is 1. The van der Waals surface area contributed by atoms with Crippen molar-refractivity contribution in [1.29, 1.82) is 0 Å². The summed E-state index contributed by atoms with van der Waals surface area (Å²) in [4.78, 5) is 19.4. The van der Waals surface area contributed by atoms with E-state index in [0.29, 0.717) is 6.54 Å². The second kappa shape index (κ2) is 9.44. The number of carbonyl (C=O) groups excluding carboxylic acids is 1. The first kappa shape index (κ1) is 20.0. The largest absolute Gasteiger partial charge is 0.469 e. The number of furan rings is 1. The highest BCUT2D eigenvalue weighted by Crippen LogP contribution is 2.25. The molecule has 1 aliphatic rings. The van der Waals surface area contributed by atoms with Crippen molar-refractivity contribution in [3.05, 3.63) is 60.1 Å². The number of aliphatic imine (C=N–C) groups is 1. The van der Waals surface area contributed by atoms with Crippen LogP contribution in [-0.4, -0.2) is 42.6 Å². The molecule has 1 fully saturated rings. The van der Waals surface area contributed by atoms with Crippen LogP contribution in [0.15, 0.2) is 58.1 Å². The van der Waals surface area contributed by atoms with Crippen LogP contribution >= 0.6 is 0 Å². The molecule has 0 unspecified atom stereocenters. The maximum absolute atomic E-state index is 12.6. The minimum Gasteiger partial charge on any atom is -0.469 e. The molecule has 0 spiro atoms. The fourth-order valence-electron chi connectivity index (χ4n) is 3.91. The van der Waals surface area contributed by atoms with Crippen molar-refractivity contribution < 1.29 is 13.9 Å². The van der Waals surface area contributed by atoms with Gasteiger partial charge >= 0.3 is 5.97 Å². The molecule has 0 bridgehead atoms. The molecular weight excluding hydrogens is 354 g/mol. The maximum atomic E-state index is 12.6. The summed E-state index contributed by atoms with van der Waals surface area (Å²) in [5, 5.41) is 3.52. The average molecular weight is 383 g/mol. The fraction of sp³-hybridized carbons (Fsp3) is 0.455. The molecule has 0 amide bonds. The molecular formula is C22H29N3O3. The molecule has 1 aromatic heterocycles. The highest BCUT2D eigenvalue weighted by atomic mass is 16.5. The topological polar surface area (TPSA) is 67.1 Å². The molecule has 0 saturated carbocycles. The summed E-state index contributed by atoms with van der Waals surface area (Å²) in [6, 6.07) is 14.1. The monoisotopic (exact) mass is 383 g/mol. The number of nitrogens with one attached hydrogen (secondary N) is 1. The molecule has 2 heterocycles. The van der Waals surface area contributed by atoms with Crippen molar-refractivity contribution >= 4 is 11.9 Å². The lowest BCUT2D eigenvalue weighted by Gasteiger charge is -2.45. The fourth-order valence-corrected chi connectivity index (χ4v) is 3.91. The molecule has 0 aliphatic carbocycles. The number of aryl methyl sites for hydroxylation is 1. The molecule has 1 aromatic carbocycles. The molecule has 0 radical (unpaired) electrons. The van der Waals surface area contributed by atoms with Gasteiger partial charge in [0.15, 0.2) is 5.96 Å². The number of rotatable bonds is 7. The normalized spacial score (nSPS) is 23.5. The van der Waals surface area contributed by atoms with Gasteiger partial charge in [-0.2, -0.15) is 0 Å². The molecule has 2 aromatic rings. The van der Waals surface area contributed by atoms with Crippen molar-refractivity contribution in [3.8, 4) is 0 Å². The van der Waals surface area contributed by atoms with E-state index in [-0.39, 0.29) is 24.0 Å². The van der Waals surface area contributed by atoms with Crippen LogP contribution in [0.3, 0.4) is 0 Å². The molecule has 1 aliphatic heterocycles. The summed E-state index contributed by atoms with van der Waals surface area (Å²) in [5.41, 5.74) is 1.26. The van der Waals surface area contributed by atoms with Crippen molar-refractivity contribution in [2.45, 2.75) is 45.3 Å². The SMILES string of the molecule is CCN1C(=NCc2ccco2)N[C@@H](CCc2ccccc2)[C@H](C(=O)OC)[C@H]1C. The van der Waals surface area contributed by atoms with E-state index < -0.39 is 0 Å². The van der Waals surface area contributed by atoms with Gasteiger partial charge in [-0.3, -0.25) is 4.79 Å². The van der Waals surface area contributed by atoms with E-state index in [0.717, 1.165) is 31.1 Å². The van der Waals surface area contributed by atoms with Crippen LogP contribution in [0.25, 0.3) is 0 Å². The number of esters is 1. The van der Waals surface area contributed by atoms with E-state index in [4.69, 9.17) is 14.1 Å². The second-order valence-electron chi connectivity index (χ2n) is 7.07. The smallest absolute Gasteiger partial charge is 0.312 e. The van der Waals surface area contributed by atoms with Crippen LogP contribution in [0, 0.1) is 5.92 Å². The number of benzene rings is 1. The van der Waals surface area contributed by atoms with Gasteiger partial charge in [-0.05, 0) is 44.4 Å². The van der Waals surface area contributed by atoms with Crippen LogP contribution in [0.4, 0.5) is 0 Å². The van der Waals surface area contributed by atoms with Gasteiger partial charge in [0.25, 0.3) is 0 Å². The van der Waals surface area contributed by atoms with Gasteiger partial charge in [-0.1, -0.05) is 30.3 Å². The van der Waals surface area contributed by atoms with Crippen LogP contribution in [-0.2, 0) is 22.5 Å². The van der Waals surface area contributed by atoms with Crippen LogP contribution in [0.1, 0.15) is 31.6 Å². The third kappa shape index (κ3) is 4.55. The molecule has 1 saturated heterocycles. The first-order valence-electron chi connectivity index (χ1n) is 9.85. The number of hydrogen-bond acceptors (Lipinski definition) is 4. The number of hydrogen-bond donors (Lipinski definition) is 1. The van der Waals surface area contributed by atoms with Gasteiger partial charge in [0, 0.05) is 18.6 Å². The summed E-state index contributed by atoms with van der Waals surface area (Å²) in [6.07, 6.45) is 3.36. The molecule has 150 valence electrons. The molecule has 28 heavy (non-hydrogen) atoms. The maximum Gasteiger partial charge on any atom is 0.312 e. The number of guanidine groups is 1. The zero-order chi connectivity index (χ0) is 19.9. The Bertz CT molecular complexity index is 774. The van der Waals surface area contributed by atoms with Gasteiger partial charge in [-0.15, -0.1) is 0 Å². The summed E-state index contributed by atoms with van der Waals surface area (Å²) in [7, 11) is 1.46. The highest BCUT2D eigenvalue weighted by molar-refractivity contribution is 5.85. The standard InChI is InChI=1S/C22H29N3O3/c1-4-25-16(2)20(21(26)27-3)19(13-12-17-9-6-5-7-10-17)24-22(25)23-15-18-11-8-14-28-18/h5-11,14,16,19-20H,4,12-13,15H2,1-3H3,(H,23,24)/t16-,19+,20-/m1/s1. The molecule has 6 heteroatoms. The summed E-state index contributed by atoms with van der Waals surface area (Å²) >= 11 is 0. The quantitative estimate of drug-likeness (QED) is 0.744. The minimum absolute atomic E-state index is 0.00479. The van der Waals surface area contributed by atoms with E-state index >= 15 is 0 Å². The Kier molecular flexibility index (Phi) is 6.74. The van der Waals surface area contributed by atoms with Gasteiger partial charge in [0.1, 0.15) is 12.3 Å². The number of carbonyl (C=O) groups is 1. The molecule has 3 atom stereocenters. The second-order valence-corrected chi connectivity index (χ2v) is 7.07. The highest BCUT2D eigenvalue weighted by Gasteiger charge is 2.42. The third-order valence-corrected chi connectivity index (χ3v) is 5.40. The first-order valence-corrected chi connectivity index (χ1v) is 9.85. The van der Waals surface area contributed by atoms with Crippen LogP contribution in [0.2, 0.25) is 0 Å². The van der Waals surface area contributed by atoms with Crippen molar-refractivity contribution in [2.75, 3.05) is 13.7 Å². The minimum atomic E-state index is -0.253. The van der Waals surface area contributed by atoms with Crippen molar-refractivity contribution in [3.63, 3.8) is 0 Å². The van der Waals surface area contributed by atoms with E-state index in [1.807, 2.05) is 30.3 Å². The predicted octanol–water partition coefficient (Wildman–Crippen LogP) is 3.24. The lowest BCUT2D eigenvalue weighted by Crippen LogP contribution is -2.63. The Labute approximate surface area is 166 Å². The van der Waals surface area contributed by atoms with Crippen LogP contribution < -0.4 is 5.32 Å². The van der Waals surface area contributed by atoms with Gasteiger partial charge in [-0.25, -0.2) is 4.99 Å². The zero-order valence-electron chi connectivity index (χ0n) is 16.8. The van der Waals surface area contributed by atoms with E-state index in [1.54, 1.807) is 6.26 Å². The number of ether oxygens (including phenoxy) is 1. The van der Waals surface area contributed by atoms with E-state index in [2.05, 4.69) is 36.2 Å². The molecule has 3 rings (SSSR count). The summed E-state index contributed by atoms with van der Waals surface area (Å²) < 4.78 is 10.5. The molecule has 1 N–H and O–H groups in total. The van der Waals surface area contributed by atoms with Crippen molar-refractivity contribution in [2.24, 2.45) is 10.9 Å². The van der Waals surface area contributed by atoms with E-state index in [9.17, 15) is 4.79 Å². The number of nitrogens with zero attached hydrogens (tertiary/aromatic N) is 2. The van der Waals surface area contributed by atoms with Gasteiger partial charge < -0.3 is 19.4 Å². The average Bonchev–Trinajstić information content (AvgIpc) is 3.24. The Morgan fingerprint density at radius 1 is 1.25 bits per heavy atom. The van der Waals surface area contributed by atoms with Crippen molar-refractivity contribution in [1.82, 2.24) is 10.2 Å². The summed E-state index contributed by atoms with van der Waals surface area (Å²) in [6.45, 7) is 5.36. The summed E-state index contributed by atoms with van der Waals surface area (Å²) in [5.74, 6) is 1.19. The predicted molar refractivity (Wildman–Crippen MR) is 109 cm³/mol. The lowest BCUT2D eigenvalue weighted by molar-refractivity contribution is -0.149. The zero-order valence-corrected chi connectivity index (χ0v) is 16.8.